The van der Waals surface area contributed by atoms with Crippen LogP contribution in [-0.2, 0) is 0 Å². The van der Waals surface area contributed by atoms with Gasteiger partial charge in [0.1, 0.15) is 11.9 Å². The molecule has 1 aliphatic rings. The molecule has 2 nitrogen and oxygen atoms in total. The highest BCUT2D eigenvalue weighted by Crippen LogP contribution is 2.42. The second-order valence-corrected chi connectivity index (χ2v) is 5.98. The summed E-state index contributed by atoms with van der Waals surface area (Å²) in [5, 5.41) is 0.721. The highest BCUT2D eigenvalue weighted by molar-refractivity contribution is 9.10. The van der Waals surface area contributed by atoms with E-state index in [2.05, 4.69) is 15.9 Å². The molecule has 2 aromatic carbocycles. The Labute approximate surface area is 125 Å². The first-order valence-electron chi connectivity index (χ1n) is 6.11. The van der Waals surface area contributed by atoms with Crippen LogP contribution in [0.15, 0.2) is 46.9 Å². The Hall–Kier alpha value is -1.03. The predicted octanol–water partition coefficient (Wildman–Crippen LogP) is 4.63. The largest absolute Gasteiger partial charge is 0.485 e. The van der Waals surface area contributed by atoms with Crippen molar-refractivity contribution in [2.75, 3.05) is 0 Å². The van der Waals surface area contributed by atoms with Crippen LogP contribution in [0.25, 0.3) is 0 Å². The summed E-state index contributed by atoms with van der Waals surface area (Å²) in [6, 6.07) is 13.7. The van der Waals surface area contributed by atoms with Crippen LogP contribution < -0.4 is 10.5 Å². The van der Waals surface area contributed by atoms with E-state index in [4.69, 9.17) is 22.1 Å². The summed E-state index contributed by atoms with van der Waals surface area (Å²) in [6.45, 7) is 0. The minimum atomic E-state index is -0.0921. The van der Waals surface area contributed by atoms with Gasteiger partial charge in [-0.25, -0.2) is 0 Å². The number of ether oxygens (including phenoxy) is 1. The van der Waals surface area contributed by atoms with E-state index in [1.807, 2.05) is 42.5 Å². The number of hydrogen-bond donors (Lipinski definition) is 1. The lowest BCUT2D eigenvalue weighted by Crippen LogP contribution is -2.24. The van der Waals surface area contributed by atoms with Crippen molar-refractivity contribution < 1.29 is 4.74 Å². The molecule has 0 bridgehead atoms. The van der Waals surface area contributed by atoms with E-state index in [-0.39, 0.29) is 12.1 Å². The van der Waals surface area contributed by atoms with Crippen molar-refractivity contribution in [3.05, 3.63) is 63.1 Å². The van der Waals surface area contributed by atoms with Gasteiger partial charge in [-0.2, -0.15) is 0 Å². The molecule has 98 valence electrons. The zero-order valence-electron chi connectivity index (χ0n) is 10.1. The molecule has 0 aliphatic carbocycles. The Morgan fingerprint density at radius 1 is 1.16 bits per heavy atom. The highest BCUT2D eigenvalue weighted by Gasteiger charge is 2.28. The van der Waals surface area contributed by atoms with E-state index in [0.717, 1.165) is 32.8 Å². The summed E-state index contributed by atoms with van der Waals surface area (Å²) in [4.78, 5) is 0. The van der Waals surface area contributed by atoms with Gasteiger partial charge in [-0.05, 0) is 18.2 Å². The molecule has 0 saturated carbocycles. The fourth-order valence-electron chi connectivity index (χ4n) is 2.40. The van der Waals surface area contributed by atoms with Gasteiger partial charge in [0, 0.05) is 33.1 Å². The SMILES string of the molecule is NC1CC(c2ccccc2Cl)Oc2cc(Br)ccc21. The maximum atomic E-state index is 6.24. The number of halogens is 2. The minimum absolute atomic E-state index is 0.0295. The second-order valence-electron chi connectivity index (χ2n) is 4.65. The maximum absolute atomic E-state index is 6.24. The van der Waals surface area contributed by atoms with Crippen LogP contribution >= 0.6 is 27.5 Å². The van der Waals surface area contributed by atoms with E-state index >= 15 is 0 Å². The van der Waals surface area contributed by atoms with Crippen molar-refractivity contribution in [3.63, 3.8) is 0 Å². The second kappa shape index (κ2) is 5.16. The fourth-order valence-corrected chi connectivity index (χ4v) is 3.00. The van der Waals surface area contributed by atoms with Crippen molar-refractivity contribution in [3.8, 4) is 5.75 Å². The molecule has 4 heteroatoms. The van der Waals surface area contributed by atoms with Crippen LogP contribution in [0.2, 0.25) is 5.02 Å². The third-order valence-corrected chi connectivity index (χ3v) is 4.20. The van der Waals surface area contributed by atoms with Crippen LogP contribution in [0.5, 0.6) is 5.75 Å². The average Bonchev–Trinajstić information content (AvgIpc) is 2.38. The molecular weight excluding hydrogens is 326 g/mol. The lowest BCUT2D eigenvalue weighted by molar-refractivity contribution is 0.161. The molecule has 0 radical (unpaired) electrons. The molecule has 2 N–H and O–H groups in total. The fraction of sp³-hybridized carbons (Fsp3) is 0.200. The zero-order valence-corrected chi connectivity index (χ0v) is 12.5. The first-order valence-corrected chi connectivity index (χ1v) is 7.28. The van der Waals surface area contributed by atoms with Crippen molar-refractivity contribution >= 4 is 27.5 Å². The molecule has 0 spiro atoms. The summed E-state index contributed by atoms with van der Waals surface area (Å²) in [7, 11) is 0. The van der Waals surface area contributed by atoms with E-state index in [9.17, 15) is 0 Å². The molecule has 0 saturated heterocycles. The first kappa shape index (κ1) is 13.0. The number of fused-ring (bicyclic) bond motifs is 1. The molecule has 1 heterocycles. The van der Waals surface area contributed by atoms with Crippen LogP contribution in [0.3, 0.4) is 0 Å². The smallest absolute Gasteiger partial charge is 0.127 e. The first-order chi connectivity index (χ1) is 9.15. The Balaban J connectivity index is 1.99. The van der Waals surface area contributed by atoms with Gasteiger partial charge in [0.2, 0.25) is 0 Å². The van der Waals surface area contributed by atoms with Gasteiger partial charge in [-0.1, -0.05) is 51.8 Å². The van der Waals surface area contributed by atoms with Gasteiger partial charge in [-0.3, -0.25) is 0 Å². The molecule has 0 amide bonds. The number of nitrogens with two attached hydrogens (primary N) is 1. The van der Waals surface area contributed by atoms with E-state index in [0.29, 0.717) is 0 Å². The summed E-state index contributed by atoms with van der Waals surface area (Å²) in [5.74, 6) is 0.832. The quantitative estimate of drug-likeness (QED) is 0.823. The summed E-state index contributed by atoms with van der Waals surface area (Å²) in [6.07, 6.45) is 0.642. The Morgan fingerprint density at radius 2 is 1.95 bits per heavy atom. The number of rotatable bonds is 1. The normalized spacial score (nSPS) is 21.6. The third-order valence-electron chi connectivity index (χ3n) is 3.36. The van der Waals surface area contributed by atoms with Crippen molar-refractivity contribution in [2.45, 2.75) is 18.6 Å². The van der Waals surface area contributed by atoms with Gasteiger partial charge in [0.05, 0.1) is 0 Å². The molecule has 2 aromatic rings. The van der Waals surface area contributed by atoms with Crippen molar-refractivity contribution in [2.24, 2.45) is 5.73 Å². The predicted molar refractivity (Wildman–Crippen MR) is 80.5 cm³/mol. The van der Waals surface area contributed by atoms with Crippen molar-refractivity contribution in [1.29, 1.82) is 0 Å². The minimum Gasteiger partial charge on any atom is -0.485 e. The molecular formula is C15H13BrClNO. The topological polar surface area (TPSA) is 35.2 Å². The van der Waals surface area contributed by atoms with Crippen LogP contribution in [0, 0.1) is 0 Å². The average molecular weight is 339 g/mol. The van der Waals surface area contributed by atoms with Crippen molar-refractivity contribution in [1.82, 2.24) is 0 Å². The third kappa shape index (κ3) is 2.50. The highest BCUT2D eigenvalue weighted by atomic mass is 79.9. The molecule has 0 aromatic heterocycles. The monoisotopic (exact) mass is 337 g/mol. The van der Waals surface area contributed by atoms with Gasteiger partial charge >= 0.3 is 0 Å². The van der Waals surface area contributed by atoms with Crippen LogP contribution in [0.4, 0.5) is 0 Å². The number of hydrogen-bond acceptors (Lipinski definition) is 2. The Bertz CT molecular complexity index is 617. The maximum Gasteiger partial charge on any atom is 0.127 e. The lowest BCUT2D eigenvalue weighted by Gasteiger charge is -2.31. The Morgan fingerprint density at radius 3 is 2.74 bits per heavy atom. The van der Waals surface area contributed by atoms with E-state index < -0.39 is 0 Å². The van der Waals surface area contributed by atoms with Gasteiger partial charge < -0.3 is 10.5 Å². The molecule has 2 unspecified atom stereocenters. The standard InChI is InChI=1S/C15H13BrClNO/c16-9-5-6-11-13(18)8-15(19-14(11)7-9)10-3-1-2-4-12(10)17/h1-7,13,15H,8,18H2. The van der Waals surface area contributed by atoms with Crippen LogP contribution in [0.1, 0.15) is 29.7 Å². The van der Waals surface area contributed by atoms with Gasteiger partial charge in [0.25, 0.3) is 0 Å². The number of benzene rings is 2. The van der Waals surface area contributed by atoms with Crippen LogP contribution in [-0.4, -0.2) is 0 Å². The summed E-state index contributed by atoms with van der Waals surface area (Å²) in [5.41, 5.74) is 8.27. The molecule has 1 aliphatic heterocycles. The lowest BCUT2D eigenvalue weighted by atomic mass is 9.93. The summed E-state index contributed by atoms with van der Waals surface area (Å²) >= 11 is 9.69. The molecule has 3 rings (SSSR count). The summed E-state index contributed by atoms with van der Waals surface area (Å²) < 4.78 is 7.04. The van der Waals surface area contributed by atoms with E-state index in [1.54, 1.807) is 0 Å². The molecule has 19 heavy (non-hydrogen) atoms. The van der Waals surface area contributed by atoms with Gasteiger partial charge in [0.15, 0.2) is 0 Å². The van der Waals surface area contributed by atoms with E-state index in [1.165, 1.54) is 0 Å². The molecule has 2 atom stereocenters. The van der Waals surface area contributed by atoms with Gasteiger partial charge in [-0.15, -0.1) is 0 Å². The molecule has 0 fully saturated rings. The Kier molecular flexibility index (Phi) is 3.52. The zero-order chi connectivity index (χ0) is 13.4.